The van der Waals surface area contributed by atoms with Gasteiger partial charge in [-0.05, 0) is 177 Å². The number of aryl methyl sites for hydroxylation is 8. The highest BCUT2D eigenvalue weighted by atomic mass is 19.2. The molecule has 0 amide bonds. The molecule has 2 aliphatic heterocycles. The Morgan fingerprint density at radius 2 is 0.750 bits per heavy atom. The summed E-state index contributed by atoms with van der Waals surface area (Å²) >= 11 is 0. The van der Waals surface area contributed by atoms with Crippen molar-refractivity contribution in [1.29, 1.82) is 0 Å². The molecule has 0 N–H and O–H groups in total. The predicted molar refractivity (Wildman–Crippen MR) is 281 cm³/mol. The summed E-state index contributed by atoms with van der Waals surface area (Å²) in [6.07, 6.45) is 15.5. The fraction of sp³-hybridized carbons (Fsp3) is 0.574. The van der Waals surface area contributed by atoms with Crippen LogP contribution in [0.4, 0.5) is 17.6 Å². The van der Waals surface area contributed by atoms with Crippen molar-refractivity contribution in [2.24, 2.45) is 29.6 Å². The van der Waals surface area contributed by atoms with Gasteiger partial charge in [-0.2, -0.15) is 0 Å². The van der Waals surface area contributed by atoms with Gasteiger partial charge in [0.05, 0.1) is 19.3 Å². The van der Waals surface area contributed by atoms with Crippen molar-refractivity contribution in [1.82, 2.24) is 0 Å². The van der Waals surface area contributed by atoms with Crippen LogP contribution in [0.25, 0.3) is 0 Å². The van der Waals surface area contributed by atoms with E-state index in [1.54, 1.807) is 43.7 Å². The van der Waals surface area contributed by atoms with Gasteiger partial charge in [0.2, 0.25) is 0 Å². The van der Waals surface area contributed by atoms with E-state index in [1.165, 1.54) is 94.9 Å². The number of halogens is 4. The van der Waals surface area contributed by atoms with E-state index < -0.39 is 11.6 Å². The summed E-state index contributed by atoms with van der Waals surface area (Å²) in [4.78, 5) is 0. The minimum Gasteiger partial charge on any atom is -0.378 e. The maximum absolute atomic E-state index is 12.6. The number of hydrogen-bond donors (Lipinski definition) is 0. The highest BCUT2D eigenvalue weighted by Crippen LogP contribution is 2.27. The van der Waals surface area contributed by atoms with E-state index in [1.807, 2.05) is 32.9 Å². The number of hydrogen-bond acceptors (Lipinski definition) is 3. The third-order valence-electron chi connectivity index (χ3n) is 12.5. The Morgan fingerprint density at radius 3 is 1.04 bits per heavy atom. The molecule has 0 spiro atoms. The molecule has 0 radical (unpaired) electrons. The summed E-state index contributed by atoms with van der Waals surface area (Å²) in [5, 5.41) is 0. The molecule has 2 saturated heterocycles. The van der Waals surface area contributed by atoms with Gasteiger partial charge in [0.1, 0.15) is 11.6 Å². The van der Waals surface area contributed by atoms with Crippen LogP contribution in [-0.2, 0) is 14.2 Å². The fourth-order valence-electron chi connectivity index (χ4n) is 7.01. The molecular formula is C61H92F4O3. The smallest absolute Gasteiger partial charge is 0.161 e. The number of rotatable bonds is 0. The molecule has 2 heterocycles. The molecule has 3 fully saturated rings. The molecule has 4 aromatic carbocycles. The van der Waals surface area contributed by atoms with Crippen LogP contribution >= 0.6 is 0 Å². The van der Waals surface area contributed by atoms with Crippen LogP contribution in [0, 0.1) is 108 Å². The molecule has 382 valence electrons. The second-order valence-corrected chi connectivity index (χ2v) is 20.4. The van der Waals surface area contributed by atoms with E-state index in [9.17, 15) is 17.6 Å². The SMILES string of the molecule is CC1=CCC(C)CC1.CC1CCC(C)CC1.CC1CCC(C)OC1.CC1COC(C)OC1.Cc1ccc(C)c(F)c1.Cc1ccc(C)c(F)c1.Cc1ccc(C)c(F)c1F.Cc1ccc(C)cc1. The van der Waals surface area contributed by atoms with Crippen LogP contribution in [0.5, 0.6) is 0 Å². The monoisotopic (exact) mass is 949 g/mol. The summed E-state index contributed by atoms with van der Waals surface area (Å²) in [5.41, 5.74) is 8.30. The van der Waals surface area contributed by atoms with Gasteiger partial charge in [-0.15, -0.1) is 0 Å². The molecule has 4 aromatic rings. The van der Waals surface area contributed by atoms with Crippen molar-refractivity contribution in [3.05, 3.63) is 152 Å². The second kappa shape index (κ2) is 34.5. The molecular weight excluding hydrogens is 857 g/mol. The van der Waals surface area contributed by atoms with Gasteiger partial charge in [-0.25, -0.2) is 17.6 Å². The van der Waals surface area contributed by atoms with Gasteiger partial charge in [-0.1, -0.05) is 144 Å². The molecule has 4 aliphatic rings. The van der Waals surface area contributed by atoms with Gasteiger partial charge in [0.15, 0.2) is 17.9 Å². The quantitative estimate of drug-likeness (QED) is 0.130. The molecule has 0 aromatic heterocycles. The fourth-order valence-corrected chi connectivity index (χ4v) is 7.01. The second-order valence-electron chi connectivity index (χ2n) is 20.4. The van der Waals surface area contributed by atoms with Crippen LogP contribution in [0.2, 0.25) is 0 Å². The third-order valence-corrected chi connectivity index (χ3v) is 12.5. The van der Waals surface area contributed by atoms with Crippen LogP contribution < -0.4 is 0 Å². The molecule has 7 heteroatoms. The summed E-state index contributed by atoms with van der Waals surface area (Å²) in [7, 11) is 0. The van der Waals surface area contributed by atoms with E-state index in [0.717, 1.165) is 54.6 Å². The molecule has 8 rings (SSSR count). The zero-order valence-electron chi connectivity index (χ0n) is 45.3. The molecule has 0 bridgehead atoms. The first-order valence-electron chi connectivity index (χ1n) is 25.4. The minimum atomic E-state index is -0.736. The van der Waals surface area contributed by atoms with Crippen LogP contribution in [0.15, 0.2) is 84.4 Å². The lowest BCUT2D eigenvalue weighted by molar-refractivity contribution is -0.187. The number of allylic oxidation sites excluding steroid dienone is 2. The van der Waals surface area contributed by atoms with Crippen molar-refractivity contribution < 1.29 is 31.8 Å². The maximum atomic E-state index is 12.6. The summed E-state index contributed by atoms with van der Waals surface area (Å²) in [6.45, 7) is 34.9. The van der Waals surface area contributed by atoms with Gasteiger partial charge in [0.25, 0.3) is 0 Å². The molecule has 3 atom stereocenters. The zero-order chi connectivity index (χ0) is 51.3. The third kappa shape index (κ3) is 29.3. The minimum absolute atomic E-state index is 0.0196. The highest BCUT2D eigenvalue weighted by Gasteiger charge is 2.15. The molecule has 2 aliphatic carbocycles. The highest BCUT2D eigenvalue weighted by molar-refractivity contribution is 5.24. The number of benzene rings is 4. The van der Waals surface area contributed by atoms with Crippen LogP contribution in [0.3, 0.4) is 0 Å². The lowest BCUT2D eigenvalue weighted by Gasteiger charge is -2.24. The normalized spacial score (nSPS) is 22.6. The van der Waals surface area contributed by atoms with Gasteiger partial charge in [0, 0.05) is 12.5 Å². The van der Waals surface area contributed by atoms with Crippen molar-refractivity contribution >= 4 is 0 Å². The van der Waals surface area contributed by atoms with Crippen molar-refractivity contribution in [3.63, 3.8) is 0 Å². The molecule has 68 heavy (non-hydrogen) atoms. The Kier molecular flexibility index (Phi) is 31.6. The topological polar surface area (TPSA) is 27.7 Å². The Balaban J connectivity index is 0.000000389. The Hall–Kier alpha value is -3.78. The van der Waals surface area contributed by atoms with Crippen LogP contribution in [0.1, 0.15) is 158 Å². The first-order chi connectivity index (χ1) is 32.0. The largest absolute Gasteiger partial charge is 0.378 e. The van der Waals surface area contributed by atoms with Gasteiger partial charge in [-0.3, -0.25) is 0 Å². The summed E-state index contributed by atoms with van der Waals surface area (Å²) in [6, 6.07) is 22.0. The predicted octanol–water partition coefficient (Wildman–Crippen LogP) is 18.2. The van der Waals surface area contributed by atoms with Crippen molar-refractivity contribution in [2.45, 2.75) is 181 Å². The van der Waals surface area contributed by atoms with E-state index in [4.69, 9.17) is 14.2 Å². The molecule has 3 nitrogen and oxygen atoms in total. The van der Waals surface area contributed by atoms with Crippen LogP contribution in [-0.4, -0.2) is 32.2 Å². The lowest BCUT2D eigenvalue weighted by atomic mass is 9.84. The molecule has 1 saturated carbocycles. The van der Waals surface area contributed by atoms with E-state index in [0.29, 0.717) is 34.3 Å². The Bertz CT molecular complexity index is 1790. The average Bonchev–Trinajstić information content (AvgIpc) is 3.31. The van der Waals surface area contributed by atoms with E-state index in [-0.39, 0.29) is 17.9 Å². The first kappa shape index (κ1) is 62.2. The maximum Gasteiger partial charge on any atom is 0.161 e. The van der Waals surface area contributed by atoms with E-state index >= 15 is 0 Å². The van der Waals surface area contributed by atoms with Gasteiger partial charge < -0.3 is 14.2 Å². The summed E-state index contributed by atoms with van der Waals surface area (Å²) < 4.78 is 66.1. The lowest BCUT2D eigenvalue weighted by Crippen LogP contribution is -2.27. The zero-order valence-corrected chi connectivity index (χ0v) is 45.3. The Labute approximate surface area is 412 Å². The first-order valence-corrected chi connectivity index (χ1v) is 25.4. The van der Waals surface area contributed by atoms with E-state index in [2.05, 4.69) is 92.7 Å². The van der Waals surface area contributed by atoms with Crippen molar-refractivity contribution in [2.75, 3.05) is 19.8 Å². The number of ether oxygens (including phenoxy) is 3. The van der Waals surface area contributed by atoms with Gasteiger partial charge >= 0.3 is 0 Å². The average molecular weight is 949 g/mol. The Morgan fingerprint density at radius 1 is 0.382 bits per heavy atom. The standard InChI is InChI=1S/C8H8F2.2C8H9F.C8H16.C8H14.C8H10.C7H14O.C6H12O2/c1-5-3-4-6(2)8(10)7(5)9;2*1-6-3-4-7(2)8(9)5-6;3*1-7-3-5-8(2)6-4-7;1-6-3-4-7(2)8-5-6;1-5-3-7-6(2)8-4-5/h3-4H,1-2H3;2*3-5H,1-2H3;7-8H,3-6H2,1-2H3;3,8H,4-6H2,1-2H3;3-6H,1-2H3;6-7H,3-5H2,1-2H3;5-6H,3-4H2,1-2H3. The summed E-state index contributed by atoms with van der Waals surface area (Å²) in [5.74, 6) is 2.65. The van der Waals surface area contributed by atoms with Crippen molar-refractivity contribution in [3.8, 4) is 0 Å². The molecule has 3 unspecified atom stereocenters.